The van der Waals surface area contributed by atoms with Gasteiger partial charge in [-0.25, -0.2) is 9.78 Å². The summed E-state index contributed by atoms with van der Waals surface area (Å²) < 4.78 is 20.6. The summed E-state index contributed by atoms with van der Waals surface area (Å²) in [4.78, 5) is 24.3. The molecule has 2 fully saturated rings. The Morgan fingerprint density at radius 2 is 2.02 bits per heavy atom. The fraction of sp³-hybridized carbons (Fsp3) is 0.414. The molecule has 2 atom stereocenters. The summed E-state index contributed by atoms with van der Waals surface area (Å²) in [5.74, 6) is 0.935. The van der Waals surface area contributed by atoms with Gasteiger partial charge in [0.05, 0.1) is 29.7 Å². The molecule has 11 heteroatoms. The molecule has 0 unspecified atom stereocenters. The Morgan fingerprint density at radius 3 is 2.73 bits per heavy atom. The van der Waals surface area contributed by atoms with Crippen molar-refractivity contribution in [1.82, 2.24) is 19.4 Å². The molecule has 3 aliphatic rings. The van der Waals surface area contributed by atoms with E-state index in [4.69, 9.17) is 30.8 Å². The first-order valence-corrected chi connectivity index (χ1v) is 14.7. The van der Waals surface area contributed by atoms with Gasteiger partial charge >= 0.3 is 5.97 Å². The van der Waals surface area contributed by atoms with E-state index >= 15 is 0 Å². The highest BCUT2D eigenvalue weighted by atomic mass is 35.5. The number of carbonyl (C=O) groups is 1. The number of hydrogen-bond acceptors (Lipinski definition) is 8. The smallest absolute Gasteiger partial charge is 0.346 e. The SMILES string of the molecule is C[C@@]1(c2ccc(Cl)cn2)Oc2cccc(C3CCN(Cc4nc5sc(C(=O)O)cc5n4C[C@H]4CCO4)CC3)c2O1. The molecule has 0 spiro atoms. The Kier molecular flexibility index (Phi) is 6.46. The van der Waals surface area contributed by atoms with Crippen LogP contribution in [-0.2, 0) is 23.6 Å². The molecule has 0 amide bonds. The predicted octanol–water partition coefficient (Wildman–Crippen LogP) is 5.66. The number of likely N-dealkylation sites (tertiary alicyclic amines) is 1. The third-order valence-corrected chi connectivity index (χ3v) is 9.34. The number of carboxylic acids is 1. The summed E-state index contributed by atoms with van der Waals surface area (Å²) in [5.41, 5.74) is 2.73. The number of imidazole rings is 1. The van der Waals surface area contributed by atoms with Crippen LogP contribution < -0.4 is 9.47 Å². The number of piperidine rings is 1. The zero-order chi connectivity index (χ0) is 27.4. The molecule has 0 aliphatic carbocycles. The Morgan fingerprint density at radius 1 is 1.20 bits per heavy atom. The van der Waals surface area contributed by atoms with Crippen LogP contribution in [0.15, 0.2) is 42.6 Å². The second kappa shape index (κ2) is 10.0. The summed E-state index contributed by atoms with van der Waals surface area (Å²) in [6.45, 7) is 5.93. The number of hydrogen-bond donors (Lipinski definition) is 1. The van der Waals surface area contributed by atoms with E-state index in [1.807, 2.05) is 25.1 Å². The van der Waals surface area contributed by atoms with Crippen molar-refractivity contribution in [3.8, 4) is 11.5 Å². The molecule has 4 aromatic rings. The number of carboxylic acid groups (broad SMARTS) is 1. The second-order valence-corrected chi connectivity index (χ2v) is 12.2. The highest BCUT2D eigenvalue weighted by Gasteiger charge is 2.42. The van der Waals surface area contributed by atoms with Gasteiger partial charge in [0.2, 0.25) is 0 Å². The minimum absolute atomic E-state index is 0.159. The Balaban J connectivity index is 1.06. The number of halogens is 1. The van der Waals surface area contributed by atoms with Crippen LogP contribution in [0.25, 0.3) is 10.3 Å². The number of thiophene rings is 1. The monoisotopic (exact) mass is 580 g/mol. The number of rotatable bonds is 7. The largest absolute Gasteiger partial charge is 0.477 e. The van der Waals surface area contributed by atoms with Gasteiger partial charge in [-0.1, -0.05) is 23.7 Å². The summed E-state index contributed by atoms with van der Waals surface area (Å²) in [7, 11) is 0. The van der Waals surface area contributed by atoms with E-state index in [0.717, 1.165) is 73.2 Å². The van der Waals surface area contributed by atoms with Crippen molar-refractivity contribution in [2.75, 3.05) is 19.7 Å². The van der Waals surface area contributed by atoms with Crippen LogP contribution in [0.5, 0.6) is 11.5 Å². The van der Waals surface area contributed by atoms with E-state index < -0.39 is 11.8 Å². The van der Waals surface area contributed by atoms with Crippen molar-refractivity contribution in [3.63, 3.8) is 0 Å². The lowest BCUT2D eigenvalue weighted by atomic mass is 9.88. The van der Waals surface area contributed by atoms with Gasteiger partial charge in [0.15, 0.2) is 11.5 Å². The third-order valence-electron chi connectivity index (χ3n) is 8.11. The molecule has 6 heterocycles. The molecule has 1 N–H and O–H groups in total. The van der Waals surface area contributed by atoms with Gasteiger partial charge in [-0.15, -0.1) is 11.3 Å². The number of benzene rings is 1. The molecule has 1 aromatic carbocycles. The standard InChI is InChI=1S/C29H29ClN4O5S/c1-29(24-6-5-18(30)14-31-24)38-22-4-2-3-20(26(22)39-29)17-7-10-33(11-8-17)16-25-32-27-21(13-23(40-27)28(35)36)34(25)15-19-9-12-37-19/h2-6,13-14,17,19H,7-12,15-16H2,1H3,(H,35,36)/t19-,29-/m1/s1. The first-order valence-electron chi connectivity index (χ1n) is 13.6. The van der Waals surface area contributed by atoms with Crippen molar-refractivity contribution in [1.29, 1.82) is 0 Å². The van der Waals surface area contributed by atoms with E-state index in [1.165, 1.54) is 16.9 Å². The molecular weight excluding hydrogens is 552 g/mol. The molecule has 40 heavy (non-hydrogen) atoms. The van der Waals surface area contributed by atoms with Gasteiger partial charge in [0.25, 0.3) is 5.79 Å². The summed E-state index contributed by atoms with van der Waals surface area (Å²) >= 11 is 7.27. The van der Waals surface area contributed by atoms with Gasteiger partial charge in [0, 0.05) is 25.3 Å². The zero-order valence-corrected chi connectivity index (χ0v) is 23.6. The molecule has 0 bridgehead atoms. The molecule has 0 radical (unpaired) electrons. The highest BCUT2D eigenvalue weighted by Crippen LogP contribution is 2.49. The maximum absolute atomic E-state index is 11.5. The lowest BCUT2D eigenvalue weighted by molar-refractivity contribution is -0.0722. The number of fused-ring (bicyclic) bond motifs is 2. The quantitative estimate of drug-likeness (QED) is 0.299. The summed E-state index contributed by atoms with van der Waals surface area (Å²) in [5, 5.41) is 10.0. The number of aromatic nitrogens is 3. The minimum atomic E-state index is -1.00. The van der Waals surface area contributed by atoms with Gasteiger partial charge < -0.3 is 23.9 Å². The van der Waals surface area contributed by atoms with E-state index in [9.17, 15) is 9.90 Å². The first kappa shape index (κ1) is 25.8. The summed E-state index contributed by atoms with van der Waals surface area (Å²) in [6.07, 6.45) is 4.75. The minimum Gasteiger partial charge on any atom is -0.477 e. The van der Waals surface area contributed by atoms with Crippen LogP contribution in [0.3, 0.4) is 0 Å². The van der Waals surface area contributed by atoms with Crippen LogP contribution in [0.2, 0.25) is 5.02 Å². The van der Waals surface area contributed by atoms with Gasteiger partial charge in [0.1, 0.15) is 21.2 Å². The Labute approximate surface area is 240 Å². The van der Waals surface area contributed by atoms with Gasteiger partial charge in [-0.05, 0) is 62.5 Å². The van der Waals surface area contributed by atoms with E-state index in [0.29, 0.717) is 28.1 Å². The van der Waals surface area contributed by atoms with E-state index in [1.54, 1.807) is 18.3 Å². The van der Waals surface area contributed by atoms with Crippen molar-refractivity contribution in [3.05, 3.63) is 69.6 Å². The van der Waals surface area contributed by atoms with E-state index in [2.05, 4.69) is 20.5 Å². The fourth-order valence-corrected chi connectivity index (χ4v) is 6.85. The number of para-hydroxylation sites is 1. The molecule has 3 aromatic heterocycles. The van der Waals surface area contributed by atoms with Gasteiger partial charge in [-0.3, -0.25) is 9.88 Å². The topological polar surface area (TPSA) is 98.9 Å². The maximum Gasteiger partial charge on any atom is 0.346 e. The van der Waals surface area contributed by atoms with Crippen molar-refractivity contribution >= 4 is 39.3 Å². The van der Waals surface area contributed by atoms with Crippen LogP contribution in [0.4, 0.5) is 0 Å². The molecule has 9 nitrogen and oxygen atoms in total. The number of nitrogens with zero attached hydrogens (tertiary/aromatic N) is 4. The normalized spacial score (nSPS) is 23.0. The molecule has 2 saturated heterocycles. The third kappa shape index (κ3) is 4.62. The van der Waals surface area contributed by atoms with Crippen LogP contribution in [-0.4, -0.2) is 56.3 Å². The first-order chi connectivity index (χ1) is 19.4. The van der Waals surface area contributed by atoms with Crippen molar-refractivity contribution in [2.24, 2.45) is 0 Å². The lowest BCUT2D eigenvalue weighted by Gasteiger charge is -2.33. The molecule has 0 saturated carbocycles. The molecule has 7 rings (SSSR count). The number of aromatic carboxylic acids is 1. The molecule has 3 aliphatic heterocycles. The summed E-state index contributed by atoms with van der Waals surface area (Å²) in [6, 6.07) is 11.5. The van der Waals surface area contributed by atoms with Crippen LogP contribution in [0.1, 0.15) is 58.9 Å². The maximum atomic E-state index is 11.5. The highest BCUT2D eigenvalue weighted by molar-refractivity contribution is 7.20. The molecule has 208 valence electrons. The van der Waals surface area contributed by atoms with Crippen molar-refractivity contribution in [2.45, 2.75) is 57.1 Å². The van der Waals surface area contributed by atoms with Crippen LogP contribution >= 0.6 is 22.9 Å². The molecular formula is C29H29ClN4O5S. The zero-order valence-electron chi connectivity index (χ0n) is 22.0. The second-order valence-electron chi connectivity index (χ2n) is 10.8. The average molecular weight is 581 g/mol. The van der Waals surface area contributed by atoms with Gasteiger partial charge in [-0.2, -0.15) is 0 Å². The predicted molar refractivity (Wildman–Crippen MR) is 150 cm³/mol. The Hall–Kier alpha value is -3.18. The Bertz CT molecular complexity index is 1580. The lowest BCUT2D eigenvalue weighted by Crippen LogP contribution is -2.35. The number of ether oxygens (including phenoxy) is 3. The number of pyridine rings is 1. The van der Waals surface area contributed by atoms with Crippen molar-refractivity contribution < 1.29 is 24.1 Å². The average Bonchev–Trinajstić information content (AvgIpc) is 3.58. The fourth-order valence-electron chi connectivity index (χ4n) is 5.84. The van der Waals surface area contributed by atoms with Crippen LogP contribution in [0, 0.1) is 0 Å². The van der Waals surface area contributed by atoms with E-state index in [-0.39, 0.29) is 6.10 Å².